The van der Waals surface area contributed by atoms with Gasteiger partial charge in [-0.25, -0.2) is 0 Å². The van der Waals surface area contributed by atoms with E-state index in [-0.39, 0.29) is 11.9 Å². The van der Waals surface area contributed by atoms with Gasteiger partial charge in [-0.3, -0.25) is 4.79 Å². The fraction of sp³-hybridized carbons (Fsp3) is 0.370. The van der Waals surface area contributed by atoms with Crippen LogP contribution in [-0.2, 0) is 16.1 Å². The molecule has 0 amide bonds. The van der Waals surface area contributed by atoms with Gasteiger partial charge < -0.3 is 14.4 Å². The smallest absolute Gasteiger partial charge is 0.314 e. The van der Waals surface area contributed by atoms with Crippen LogP contribution in [0.4, 0.5) is 5.69 Å². The summed E-state index contributed by atoms with van der Waals surface area (Å²) < 4.78 is 12.1. The van der Waals surface area contributed by atoms with E-state index in [0.717, 1.165) is 46.3 Å². The van der Waals surface area contributed by atoms with Crippen molar-refractivity contribution in [3.63, 3.8) is 0 Å². The first-order chi connectivity index (χ1) is 15.4. The third kappa shape index (κ3) is 4.86. The molecule has 0 saturated heterocycles. The van der Waals surface area contributed by atoms with Gasteiger partial charge in [0.05, 0.1) is 11.9 Å². The second kappa shape index (κ2) is 9.41. The number of hydrogen-bond acceptors (Lipinski definition) is 4. The topological polar surface area (TPSA) is 38.8 Å². The van der Waals surface area contributed by atoms with E-state index < -0.39 is 5.60 Å². The second-order valence-electron chi connectivity index (χ2n) is 9.24. The van der Waals surface area contributed by atoms with Crippen LogP contribution in [0, 0.1) is 0 Å². The molecule has 1 aliphatic rings. The van der Waals surface area contributed by atoms with Gasteiger partial charge in [-0.1, -0.05) is 54.6 Å². The van der Waals surface area contributed by atoms with E-state index in [0.29, 0.717) is 19.0 Å². The Kier molecular flexibility index (Phi) is 6.61. The van der Waals surface area contributed by atoms with E-state index in [2.05, 4.69) is 17.0 Å². The van der Waals surface area contributed by atoms with Gasteiger partial charge >= 0.3 is 5.97 Å². The maximum atomic E-state index is 13.2. The third-order valence-corrected chi connectivity index (χ3v) is 5.98. The lowest BCUT2D eigenvalue weighted by Gasteiger charge is -2.28. The van der Waals surface area contributed by atoms with Crippen molar-refractivity contribution in [1.29, 1.82) is 0 Å². The maximum absolute atomic E-state index is 13.2. The molecule has 5 heteroatoms. The van der Waals surface area contributed by atoms with Crippen molar-refractivity contribution in [2.75, 3.05) is 17.4 Å². The number of ether oxygens (including phenoxy) is 2. The maximum Gasteiger partial charge on any atom is 0.314 e. The molecule has 168 valence electrons. The van der Waals surface area contributed by atoms with E-state index in [1.807, 2.05) is 69.3 Å². The molecule has 1 aliphatic heterocycles. The molecule has 0 aliphatic carbocycles. The predicted octanol–water partition coefficient (Wildman–Crippen LogP) is 6.64. The Bertz CT molecular complexity index is 1090. The number of nitrogens with zero attached hydrogens (tertiary/aromatic N) is 1. The number of esters is 1. The Morgan fingerprint density at radius 3 is 2.44 bits per heavy atom. The average Bonchev–Trinajstić information content (AvgIpc) is 2.96. The van der Waals surface area contributed by atoms with Gasteiger partial charge in [0.2, 0.25) is 0 Å². The highest BCUT2D eigenvalue weighted by Gasteiger charge is 2.33. The number of benzene rings is 3. The van der Waals surface area contributed by atoms with Gasteiger partial charge in [-0.05, 0) is 50.8 Å². The molecule has 0 aromatic heterocycles. The summed E-state index contributed by atoms with van der Waals surface area (Å²) in [6, 6.07) is 20.7. The molecule has 0 fully saturated rings. The van der Waals surface area contributed by atoms with E-state index in [9.17, 15) is 4.79 Å². The largest absolute Gasteiger partial charge is 0.488 e. The Labute approximate surface area is 195 Å². The number of fused-ring (bicyclic) bond motifs is 3. The number of hydrogen-bond donors (Lipinski definition) is 0. The van der Waals surface area contributed by atoms with Crippen molar-refractivity contribution >= 4 is 34.0 Å². The lowest BCUT2D eigenvalue weighted by atomic mass is 9.90. The lowest BCUT2D eigenvalue weighted by molar-refractivity contribution is -0.156. The monoisotopic (exact) mass is 451 g/mol. The quantitative estimate of drug-likeness (QED) is 0.247. The van der Waals surface area contributed by atoms with E-state index in [1.165, 1.54) is 0 Å². The molecule has 0 radical (unpaired) electrons. The molecule has 32 heavy (non-hydrogen) atoms. The number of halogens is 1. The van der Waals surface area contributed by atoms with Crippen molar-refractivity contribution in [3.8, 4) is 5.75 Å². The molecule has 0 N–H and O–H groups in total. The first-order valence-corrected chi connectivity index (χ1v) is 11.7. The summed E-state index contributed by atoms with van der Waals surface area (Å²) in [5, 5.41) is 2.06. The van der Waals surface area contributed by atoms with E-state index >= 15 is 0 Å². The summed E-state index contributed by atoms with van der Waals surface area (Å²) in [4.78, 5) is 15.4. The molecule has 1 unspecified atom stereocenters. The summed E-state index contributed by atoms with van der Waals surface area (Å²) in [7, 11) is 0. The lowest BCUT2D eigenvalue weighted by Crippen LogP contribution is -2.28. The Balaban J connectivity index is 1.83. The van der Waals surface area contributed by atoms with Crippen LogP contribution in [0.1, 0.15) is 50.7 Å². The summed E-state index contributed by atoms with van der Waals surface area (Å²) in [5.74, 6) is 0.216. The molecule has 3 aromatic rings. The standard InChI is InChI=1S/C27H30ClNO3/c1-27(2,3)32-26(30)22-14-9-15-29(18-28)25-21-13-8-7-12-20(21)24(16-23(22)25)31-17-19-10-5-4-6-11-19/h4-8,10-13,16,22H,9,14-15,17-18H2,1-3H3. The van der Waals surface area contributed by atoms with Crippen LogP contribution in [0.3, 0.4) is 0 Å². The van der Waals surface area contributed by atoms with Crippen LogP contribution in [0.5, 0.6) is 5.75 Å². The number of carbonyl (C=O) groups is 1. The predicted molar refractivity (Wildman–Crippen MR) is 131 cm³/mol. The molecular formula is C27H30ClNO3. The zero-order valence-electron chi connectivity index (χ0n) is 18.9. The van der Waals surface area contributed by atoms with Crippen LogP contribution in [-0.4, -0.2) is 24.1 Å². The van der Waals surface area contributed by atoms with Crippen molar-refractivity contribution in [1.82, 2.24) is 0 Å². The molecule has 4 nitrogen and oxygen atoms in total. The van der Waals surface area contributed by atoms with Crippen LogP contribution in [0.15, 0.2) is 60.7 Å². The number of carbonyl (C=O) groups excluding carboxylic acids is 1. The fourth-order valence-electron chi connectivity index (χ4n) is 4.31. The highest BCUT2D eigenvalue weighted by molar-refractivity contribution is 6.19. The number of rotatable bonds is 5. The summed E-state index contributed by atoms with van der Waals surface area (Å²) >= 11 is 6.37. The molecule has 1 heterocycles. The van der Waals surface area contributed by atoms with Gasteiger partial charge in [-0.2, -0.15) is 0 Å². The van der Waals surface area contributed by atoms with Crippen LogP contribution < -0.4 is 9.64 Å². The summed E-state index contributed by atoms with van der Waals surface area (Å²) in [5.41, 5.74) is 2.49. The van der Waals surface area contributed by atoms with Crippen LogP contribution in [0.25, 0.3) is 10.8 Å². The van der Waals surface area contributed by atoms with Crippen molar-refractivity contribution in [2.24, 2.45) is 0 Å². The minimum atomic E-state index is -0.542. The Morgan fingerprint density at radius 1 is 1.06 bits per heavy atom. The second-order valence-corrected chi connectivity index (χ2v) is 9.48. The molecular weight excluding hydrogens is 422 g/mol. The molecule has 3 aromatic carbocycles. The SMILES string of the molecule is CC(C)(C)OC(=O)C1CCCN(CCl)c2c1cc(OCc1ccccc1)c1ccccc21. The van der Waals surface area contributed by atoms with Crippen LogP contribution >= 0.6 is 11.6 Å². The van der Waals surface area contributed by atoms with Gasteiger partial charge in [-0.15, -0.1) is 11.6 Å². The highest BCUT2D eigenvalue weighted by Crippen LogP contribution is 2.44. The van der Waals surface area contributed by atoms with Gasteiger partial charge in [0, 0.05) is 23.0 Å². The molecule has 0 spiro atoms. The average molecular weight is 452 g/mol. The van der Waals surface area contributed by atoms with Gasteiger partial charge in [0.1, 0.15) is 18.0 Å². The Hall–Kier alpha value is -2.72. The Morgan fingerprint density at radius 2 is 1.75 bits per heavy atom. The van der Waals surface area contributed by atoms with Crippen molar-refractivity contribution in [3.05, 3.63) is 71.8 Å². The zero-order chi connectivity index (χ0) is 22.7. The number of anilines is 1. The summed E-state index contributed by atoms with van der Waals surface area (Å²) in [6.07, 6.45) is 1.58. The normalized spacial score (nSPS) is 16.4. The van der Waals surface area contributed by atoms with Crippen molar-refractivity contribution in [2.45, 2.75) is 51.7 Å². The fourth-order valence-corrected chi connectivity index (χ4v) is 4.55. The van der Waals surface area contributed by atoms with E-state index in [1.54, 1.807) is 0 Å². The van der Waals surface area contributed by atoms with Gasteiger partial charge in [0.25, 0.3) is 0 Å². The minimum absolute atomic E-state index is 0.195. The third-order valence-electron chi connectivity index (χ3n) is 5.69. The van der Waals surface area contributed by atoms with Gasteiger partial charge in [0.15, 0.2) is 0 Å². The molecule has 1 atom stereocenters. The first-order valence-electron chi connectivity index (χ1n) is 11.1. The highest BCUT2D eigenvalue weighted by atomic mass is 35.5. The summed E-state index contributed by atoms with van der Waals surface area (Å²) in [6.45, 7) is 6.97. The molecule has 0 saturated carbocycles. The minimum Gasteiger partial charge on any atom is -0.488 e. The van der Waals surface area contributed by atoms with Crippen molar-refractivity contribution < 1.29 is 14.3 Å². The first kappa shape index (κ1) is 22.5. The number of alkyl halides is 1. The van der Waals surface area contributed by atoms with Crippen LogP contribution in [0.2, 0.25) is 0 Å². The van der Waals surface area contributed by atoms with E-state index in [4.69, 9.17) is 21.1 Å². The molecule has 4 rings (SSSR count). The molecule has 0 bridgehead atoms. The zero-order valence-corrected chi connectivity index (χ0v) is 19.7.